The van der Waals surface area contributed by atoms with Gasteiger partial charge in [0, 0.05) is 6.54 Å². The molecule has 0 saturated heterocycles. The zero-order valence-corrected chi connectivity index (χ0v) is 8.41. The lowest BCUT2D eigenvalue weighted by Crippen LogP contribution is -1.99. The van der Waals surface area contributed by atoms with E-state index in [1.807, 2.05) is 0 Å². The third kappa shape index (κ3) is 1.60. The van der Waals surface area contributed by atoms with Crippen molar-refractivity contribution in [2.45, 2.75) is 20.4 Å². The Morgan fingerprint density at radius 2 is 2.29 bits per heavy atom. The molecule has 14 heavy (non-hydrogen) atoms. The number of carbonyl (C=O) groups is 1. The highest BCUT2D eigenvalue weighted by molar-refractivity contribution is 6.67. The minimum atomic E-state index is -0.910. The molecular formula is C7H8ClN3O3. The Morgan fingerprint density at radius 1 is 1.71 bits per heavy atom. The Bertz CT molecular complexity index is 399. The molecule has 0 amide bonds. The molecule has 0 radical (unpaired) electrons. The van der Waals surface area contributed by atoms with Crippen LogP contribution in [-0.2, 0) is 6.54 Å². The van der Waals surface area contributed by atoms with Crippen molar-refractivity contribution in [3.63, 3.8) is 0 Å². The van der Waals surface area contributed by atoms with E-state index < -0.39 is 10.2 Å². The second-order valence-electron chi connectivity index (χ2n) is 2.63. The molecule has 1 aromatic heterocycles. The van der Waals surface area contributed by atoms with Crippen molar-refractivity contribution >= 4 is 22.5 Å². The Balaban J connectivity index is 3.42. The van der Waals surface area contributed by atoms with Gasteiger partial charge < -0.3 is 0 Å². The van der Waals surface area contributed by atoms with Crippen molar-refractivity contribution < 1.29 is 9.72 Å². The number of nitro groups is 1. The number of halogens is 1. The van der Waals surface area contributed by atoms with Gasteiger partial charge in [0.2, 0.25) is 5.69 Å². The molecule has 7 heteroatoms. The number of hydrogen-bond acceptors (Lipinski definition) is 4. The number of nitrogens with zero attached hydrogens (tertiary/aromatic N) is 3. The van der Waals surface area contributed by atoms with E-state index in [-0.39, 0.29) is 11.4 Å². The highest BCUT2D eigenvalue weighted by Crippen LogP contribution is 2.23. The van der Waals surface area contributed by atoms with Crippen LogP contribution < -0.4 is 0 Å². The lowest BCUT2D eigenvalue weighted by atomic mass is 10.3. The molecule has 1 heterocycles. The molecule has 0 saturated carbocycles. The summed E-state index contributed by atoms with van der Waals surface area (Å²) in [5.41, 5.74) is -0.274. The molecule has 0 unspecified atom stereocenters. The van der Waals surface area contributed by atoms with Gasteiger partial charge in [-0.25, -0.2) is 0 Å². The minimum Gasteiger partial charge on any atom is -0.273 e. The number of carbonyl (C=O) groups excluding carboxylic acids is 1. The van der Waals surface area contributed by atoms with Gasteiger partial charge >= 0.3 is 5.69 Å². The zero-order valence-electron chi connectivity index (χ0n) is 7.65. The third-order valence-electron chi connectivity index (χ3n) is 1.84. The SMILES string of the molecule is CCn1nc(C(=O)Cl)c([N+](=O)[O-])c1C. The van der Waals surface area contributed by atoms with Crippen LogP contribution in [0.25, 0.3) is 0 Å². The second kappa shape index (κ2) is 3.75. The molecular weight excluding hydrogens is 210 g/mol. The first-order valence-corrected chi connectivity index (χ1v) is 4.28. The molecule has 0 aliphatic rings. The van der Waals surface area contributed by atoms with Gasteiger partial charge in [-0.3, -0.25) is 19.6 Å². The smallest absolute Gasteiger partial charge is 0.273 e. The Morgan fingerprint density at radius 3 is 2.57 bits per heavy atom. The summed E-state index contributed by atoms with van der Waals surface area (Å²) >= 11 is 5.18. The molecule has 6 nitrogen and oxygen atoms in total. The number of rotatable bonds is 3. The summed E-state index contributed by atoms with van der Waals surface area (Å²) in [5.74, 6) is 0. The Kier molecular flexibility index (Phi) is 2.85. The zero-order chi connectivity index (χ0) is 10.9. The molecule has 1 aromatic rings. The van der Waals surface area contributed by atoms with Crippen LogP contribution in [0.15, 0.2) is 0 Å². The van der Waals surface area contributed by atoms with Crippen molar-refractivity contribution in [1.29, 1.82) is 0 Å². The van der Waals surface area contributed by atoms with Gasteiger partial charge in [0.05, 0.1) is 4.92 Å². The first-order chi connectivity index (χ1) is 6.49. The Labute approximate surface area is 84.6 Å². The average molecular weight is 218 g/mol. The van der Waals surface area contributed by atoms with Crippen LogP contribution in [0.4, 0.5) is 5.69 Å². The van der Waals surface area contributed by atoms with Crippen molar-refractivity contribution in [3.05, 3.63) is 21.5 Å². The van der Waals surface area contributed by atoms with E-state index in [9.17, 15) is 14.9 Å². The van der Waals surface area contributed by atoms with Crippen LogP contribution in [0, 0.1) is 17.0 Å². The normalized spacial score (nSPS) is 10.2. The maximum absolute atomic E-state index is 10.8. The molecule has 0 atom stereocenters. The predicted octanol–water partition coefficient (Wildman–Crippen LogP) is 1.50. The van der Waals surface area contributed by atoms with Crippen LogP contribution in [0.3, 0.4) is 0 Å². The molecule has 0 N–H and O–H groups in total. The maximum atomic E-state index is 10.8. The fourth-order valence-electron chi connectivity index (χ4n) is 1.20. The second-order valence-corrected chi connectivity index (χ2v) is 2.97. The monoisotopic (exact) mass is 217 g/mol. The quantitative estimate of drug-likeness (QED) is 0.437. The van der Waals surface area contributed by atoms with Crippen LogP contribution >= 0.6 is 11.6 Å². The first-order valence-electron chi connectivity index (χ1n) is 3.90. The van der Waals surface area contributed by atoms with Crippen molar-refractivity contribution in [2.24, 2.45) is 0 Å². The number of hydrogen-bond donors (Lipinski definition) is 0. The van der Waals surface area contributed by atoms with Crippen molar-refractivity contribution in [1.82, 2.24) is 9.78 Å². The van der Waals surface area contributed by atoms with Crippen molar-refractivity contribution in [3.8, 4) is 0 Å². The summed E-state index contributed by atoms with van der Waals surface area (Å²) < 4.78 is 1.37. The summed E-state index contributed by atoms with van der Waals surface area (Å²) in [4.78, 5) is 20.8. The van der Waals surface area contributed by atoms with E-state index in [1.54, 1.807) is 6.92 Å². The lowest BCUT2D eigenvalue weighted by molar-refractivity contribution is -0.385. The van der Waals surface area contributed by atoms with E-state index >= 15 is 0 Å². The highest BCUT2D eigenvalue weighted by atomic mass is 35.5. The minimum absolute atomic E-state index is 0.295. The van der Waals surface area contributed by atoms with Crippen LogP contribution in [0.1, 0.15) is 23.1 Å². The van der Waals surface area contributed by atoms with Gasteiger partial charge in [-0.1, -0.05) is 0 Å². The predicted molar refractivity (Wildman–Crippen MR) is 49.5 cm³/mol. The van der Waals surface area contributed by atoms with Crippen LogP contribution in [0.2, 0.25) is 0 Å². The fraction of sp³-hybridized carbons (Fsp3) is 0.429. The van der Waals surface area contributed by atoms with Gasteiger partial charge in [0.15, 0.2) is 0 Å². The largest absolute Gasteiger partial charge is 0.322 e. The molecule has 0 aliphatic carbocycles. The molecule has 1 rings (SSSR count). The summed E-state index contributed by atoms with van der Waals surface area (Å²) in [6, 6.07) is 0. The van der Waals surface area contributed by atoms with Crippen LogP contribution in [-0.4, -0.2) is 19.9 Å². The highest BCUT2D eigenvalue weighted by Gasteiger charge is 2.28. The standard InChI is InChI=1S/C7H8ClN3O3/c1-3-10-4(2)6(11(13)14)5(9-10)7(8)12/h3H2,1-2H3. The summed E-state index contributed by atoms with van der Waals surface area (Å²) in [7, 11) is 0. The van der Waals surface area contributed by atoms with Crippen LogP contribution in [0.5, 0.6) is 0 Å². The molecule has 0 aromatic carbocycles. The van der Waals surface area contributed by atoms with Gasteiger partial charge in [0.25, 0.3) is 5.24 Å². The topological polar surface area (TPSA) is 78.0 Å². The molecule has 0 bridgehead atoms. The van der Waals surface area contributed by atoms with Gasteiger partial charge in [-0.15, -0.1) is 0 Å². The van der Waals surface area contributed by atoms with E-state index in [4.69, 9.17) is 11.6 Å². The molecule has 0 aliphatic heterocycles. The van der Waals surface area contributed by atoms with E-state index in [0.717, 1.165) is 0 Å². The summed E-state index contributed by atoms with van der Waals surface area (Å²) in [6.07, 6.45) is 0. The fourth-order valence-corrected chi connectivity index (χ4v) is 1.32. The molecule has 76 valence electrons. The van der Waals surface area contributed by atoms with E-state index in [2.05, 4.69) is 5.10 Å². The molecule has 0 spiro atoms. The van der Waals surface area contributed by atoms with E-state index in [0.29, 0.717) is 12.2 Å². The average Bonchev–Trinajstić information content (AvgIpc) is 2.42. The summed E-state index contributed by atoms with van der Waals surface area (Å²) in [6.45, 7) is 3.75. The Hall–Kier alpha value is -1.43. The van der Waals surface area contributed by atoms with Gasteiger partial charge in [-0.05, 0) is 25.4 Å². The molecule has 0 fully saturated rings. The number of aromatic nitrogens is 2. The van der Waals surface area contributed by atoms with Gasteiger partial charge in [-0.2, -0.15) is 5.10 Å². The first kappa shape index (κ1) is 10.6. The van der Waals surface area contributed by atoms with Gasteiger partial charge in [0.1, 0.15) is 5.69 Å². The third-order valence-corrected chi connectivity index (χ3v) is 2.02. The lowest BCUT2D eigenvalue weighted by Gasteiger charge is -1.95. The van der Waals surface area contributed by atoms with Crippen molar-refractivity contribution in [2.75, 3.05) is 0 Å². The summed E-state index contributed by atoms with van der Waals surface area (Å²) in [5, 5.41) is 13.4. The number of aryl methyl sites for hydroxylation is 1. The maximum Gasteiger partial charge on any atom is 0.322 e. The van der Waals surface area contributed by atoms with E-state index in [1.165, 1.54) is 11.6 Å².